The van der Waals surface area contributed by atoms with E-state index in [-0.39, 0.29) is 0 Å². The highest BCUT2D eigenvalue weighted by atomic mass is 32.2. The fourth-order valence-corrected chi connectivity index (χ4v) is 3.42. The van der Waals surface area contributed by atoms with Crippen molar-refractivity contribution in [1.82, 2.24) is 10.3 Å². The van der Waals surface area contributed by atoms with Crippen LogP contribution in [0.4, 0.5) is 0 Å². The molecule has 1 aromatic heterocycles. The van der Waals surface area contributed by atoms with Crippen molar-refractivity contribution in [3.63, 3.8) is 0 Å². The Morgan fingerprint density at radius 2 is 2.05 bits per heavy atom. The standard InChI is InChI=1S/C14H26N2OS2/c1-10(2)6-15-7-13-12(8-17-5)16-14(19-13)9-18-11(3)4/h10-11,15H,6-9H2,1-5H3. The van der Waals surface area contributed by atoms with Gasteiger partial charge in [0.25, 0.3) is 0 Å². The van der Waals surface area contributed by atoms with Crippen molar-refractivity contribution in [1.29, 1.82) is 0 Å². The second kappa shape index (κ2) is 8.95. The second-order valence-electron chi connectivity index (χ2n) is 5.29. The molecule has 0 aromatic carbocycles. The van der Waals surface area contributed by atoms with Gasteiger partial charge < -0.3 is 10.1 Å². The summed E-state index contributed by atoms with van der Waals surface area (Å²) in [7, 11) is 1.73. The Morgan fingerprint density at radius 1 is 1.32 bits per heavy atom. The van der Waals surface area contributed by atoms with E-state index in [0.717, 1.165) is 24.5 Å². The van der Waals surface area contributed by atoms with E-state index in [0.29, 0.717) is 17.8 Å². The number of thiazole rings is 1. The summed E-state index contributed by atoms with van der Waals surface area (Å²) >= 11 is 3.76. The van der Waals surface area contributed by atoms with E-state index in [1.807, 2.05) is 23.1 Å². The number of hydrogen-bond donors (Lipinski definition) is 1. The maximum Gasteiger partial charge on any atom is 0.103 e. The lowest BCUT2D eigenvalue weighted by Crippen LogP contribution is -2.19. The highest BCUT2D eigenvalue weighted by Crippen LogP contribution is 2.25. The summed E-state index contributed by atoms with van der Waals surface area (Å²) in [6.45, 7) is 11.4. The first-order chi connectivity index (χ1) is 9.02. The minimum atomic E-state index is 0.613. The second-order valence-corrected chi connectivity index (χ2v) is 8.03. The largest absolute Gasteiger partial charge is 0.378 e. The molecule has 0 fully saturated rings. The molecule has 0 bridgehead atoms. The van der Waals surface area contributed by atoms with Crippen LogP contribution in [0.1, 0.15) is 43.3 Å². The van der Waals surface area contributed by atoms with Crippen LogP contribution in [0.2, 0.25) is 0 Å². The molecule has 1 heterocycles. The summed E-state index contributed by atoms with van der Waals surface area (Å²) in [6.07, 6.45) is 0. The van der Waals surface area contributed by atoms with Crippen LogP contribution in [0.3, 0.4) is 0 Å². The number of ether oxygens (including phenoxy) is 1. The summed E-state index contributed by atoms with van der Waals surface area (Å²) in [4.78, 5) is 6.02. The first-order valence-electron chi connectivity index (χ1n) is 6.81. The topological polar surface area (TPSA) is 34.1 Å². The van der Waals surface area contributed by atoms with Crippen molar-refractivity contribution in [3.05, 3.63) is 15.6 Å². The van der Waals surface area contributed by atoms with E-state index in [2.05, 4.69) is 33.0 Å². The van der Waals surface area contributed by atoms with Crippen LogP contribution in [0.25, 0.3) is 0 Å². The third-order valence-corrected chi connectivity index (χ3v) is 4.87. The van der Waals surface area contributed by atoms with Gasteiger partial charge in [0, 0.05) is 24.3 Å². The molecule has 1 rings (SSSR count). The number of nitrogens with zero attached hydrogens (tertiary/aromatic N) is 1. The highest BCUT2D eigenvalue weighted by molar-refractivity contribution is 7.99. The summed E-state index contributed by atoms with van der Waals surface area (Å²) in [5.41, 5.74) is 1.10. The molecule has 0 amide bonds. The first kappa shape index (κ1) is 17.0. The van der Waals surface area contributed by atoms with Crippen LogP contribution >= 0.6 is 23.1 Å². The van der Waals surface area contributed by atoms with Gasteiger partial charge in [0.15, 0.2) is 0 Å². The average molecular weight is 303 g/mol. The monoisotopic (exact) mass is 302 g/mol. The summed E-state index contributed by atoms with van der Waals surface area (Å²) in [5.74, 6) is 1.68. The molecule has 0 saturated heterocycles. The molecule has 0 radical (unpaired) electrons. The maximum absolute atomic E-state index is 5.24. The number of hydrogen-bond acceptors (Lipinski definition) is 5. The lowest BCUT2D eigenvalue weighted by Gasteiger charge is -2.06. The summed E-state index contributed by atoms with van der Waals surface area (Å²) in [6, 6.07) is 0. The summed E-state index contributed by atoms with van der Waals surface area (Å²) < 4.78 is 5.24. The minimum absolute atomic E-state index is 0.613. The average Bonchev–Trinajstić information content (AvgIpc) is 2.69. The van der Waals surface area contributed by atoms with Crippen molar-refractivity contribution in [2.24, 2.45) is 5.92 Å². The molecule has 1 N–H and O–H groups in total. The molecule has 0 unspecified atom stereocenters. The third-order valence-electron chi connectivity index (χ3n) is 2.48. The smallest absolute Gasteiger partial charge is 0.103 e. The van der Waals surface area contributed by atoms with Gasteiger partial charge in [-0.3, -0.25) is 0 Å². The van der Waals surface area contributed by atoms with E-state index in [1.165, 1.54) is 9.88 Å². The molecule has 0 aliphatic rings. The minimum Gasteiger partial charge on any atom is -0.378 e. The van der Waals surface area contributed by atoms with Gasteiger partial charge in [-0.25, -0.2) is 4.98 Å². The van der Waals surface area contributed by atoms with Crippen LogP contribution in [-0.2, 0) is 23.6 Å². The van der Waals surface area contributed by atoms with Crippen LogP contribution in [0.15, 0.2) is 0 Å². The third kappa shape index (κ3) is 6.75. The lowest BCUT2D eigenvalue weighted by atomic mass is 10.2. The molecule has 110 valence electrons. The van der Waals surface area contributed by atoms with Crippen LogP contribution < -0.4 is 5.32 Å². The SMILES string of the molecule is COCc1nc(CSC(C)C)sc1CNCC(C)C. The summed E-state index contributed by atoms with van der Waals surface area (Å²) in [5, 5.41) is 5.35. The Bertz CT molecular complexity index is 364. The molecular weight excluding hydrogens is 276 g/mol. The van der Waals surface area contributed by atoms with Gasteiger partial charge in [-0.15, -0.1) is 11.3 Å². The molecule has 0 aliphatic carbocycles. The molecule has 0 aliphatic heterocycles. The van der Waals surface area contributed by atoms with Gasteiger partial charge in [-0.2, -0.15) is 11.8 Å². The van der Waals surface area contributed by atoms with Crippen molar-refractivity contribution < 1.29 is 4.74 Å². The van der Waals surface area contributed by atoms with Gasteiger partial charge >= 0.3 is 0 Å². The van der Waals surface area contributed by atoms with E-state index in [1.54, 1.807) is 7.11 Å². The molecular formula is C14H26N2OS2. The zero-order valence-corrected chi connectivity index (χ0v) is 14.3. The van der Waals surface area contributed by atoms with E-state index >= 15 is 0 Å². The van der Waals surface area contributed by atoms with E-state index in [9.17, 15) is 0 Å². The molecule has 19 heavy (non-hydrogen) atoms. The predicted octanol–water partition coefficient (Wildman–Crippen LogP) is 3.68. The van der Waals surface area contributed by atoms with Gasteiger partial charge in [0.05, 0.1) is 12.3 Å². The van der Waals surface area contributed by atoms with Gasteiger partial charge in [0.1, 0.15) is 5.01 Å². The predicted molar refractivity (Wildman–Crippen MR) is 85.8 cm³/mol. The van der Waals surface area contributed by atoms with E-state index < -0.39 is 0 Å². The van der Waals surface area contributed by atoms with Crippen LogP contribution in [-0.4, -0.2) is 23.9 Å². The number of methoxy groups -OCH3 is 1. The fourth-order valence-electron chi connectivity index (χ4n) is 1.60. The van der Waals surface area contributed by atoms with Crippen molar-refractivity contribution in [2.45, 2.75) is 51.8 Å². The molecule has 3 nitrogen and oxygen atoms in total. The molecule has 5 heteroatoms. The van der Waals surface area contributed by atoms with Gasteiger partial charge in [-0.05, 0) is 17.7 Å². The van der Waals surface area contributed by atoms with Crippen LogP contribution in [0, 0.1) is 5.92 Å². The molecule has 0 spiro atoms. The highest BCUT2D eigenvalue weighted by Gasteiger charge is 2.11. The fraction of sp³-hybridized carbons (Fsp3) is 0.786. The Hall–Kier alpha value is -0.100. The van der Waals surface area contributed by atoms with Crippen LogP contribution in [0.5, 0.6) is 0 Å². The number of thioether (sulfide) groups is 1. The number of rotatable bonds is 9. The first-order valence-corrected chi connectivity index (χ1v) is 8.68. The zero-order chi connectivity index (χ0) is 14.3. The van der Waals surface area contributed by atoms with Gasteiger partial charge in [0.2, 0.25) is 0 Å². The number of nitrogens with one attached hydrogen (secondary N) is 1. The Morgan fingerprint density at radius 3 is 2.63 bits per heavy atom. The number of aromatic nitrogens is 1. The maximum atomic E-state index is 5.24. The zero-order valence-electron chi connectivity index (χ0n) is 12.7. The normalized spacial score (nSPS) is 11.7. The quantitative estimate of drug-likeness (QED) is 0.754. The molecule has 0 saturated carbocycles. The van der Waals surface area contributed by atoms with Gasteiger partial charge in [-0.1, -0.05) is 27.7 Å². The Labute approximate surface area is 125 Å². The lowest BCUT2D eigenvalue weighted by molar-refractivity contribution is 0.181. The van der Waals surface area contributed by atoms with Crippen molar-refractivity contribution in [2.75, 3.05) is 13.7 Å². The van der Waals surface area contributed by atoms with Crippen molar-refractivity contribution >= 4 is 23.1 Å². The Kier molecular flexibility index (Phi) is 7.99. The Balaban J connectivity index is 2.60. The molecule has 1 aromatic rings. The molecule has 0 atom stereocenters. The van der Waals surface area contributed by atoms with E-state index in [4.69, 9.17) is 9.72 Å². The van der Waals surface area contributed by atoms with Crippen molar-refractivity contribution in [3.8, 4) is 0 Å².